The largest absolute Gasteiger partial charge is 0.376 e. The SMILES string of the molecule is CN=C(NCC1CCCO1)NCC(c1cccs1)N1CCOC(C)C1.I. The number of halogens is 1. The van der Waals surface area contributed by atoms with Crippen LogP contribution < -0.4 is 10.6 Å². The number of rotatable bonds is 6. The van der Waals surface area contributed by atoms with E-state index in [0.717, 1.165) is 58.2 Å². The molecule has 0 spiro atoms. The zero-order valence-corrected chi connectivity index (χ0v) is 18.8. The highest BCUT2D eigenvalue weighted by Gasteiger charge is 2.26. The van der Waals surface area contributed by atoms with E-state index in [1.54, 1.807) is 0 Å². The van der Waals surface area contributed by atoms with Gasteiger partial charge >= 0.3 is 0 Å². The average molecular weight is 494 g/mol. The van der Waals surface area contributed by atoms with Crippen LogP contribution >= 0.6 is 35.3 Å². The second-order valence-corrected chi connectivity index (χ2v) is 7.66. The van der Waals surface area contributed by atoms with Crippen LogP contribution in [0.4, 0.5) is 0 Å². The van der Waals surface area contributed by atoms with E-state index < -0.39 is 0 Å². The van der Waals surface area contributed by atoms with Gasteiger partial charge in [0.05, 0.1) is 24.9 Å². The first-order chi connectivity index (χ1) is 12.3. The van der Waals surface area contributed by atoms with Crippen LogP contribution in [-0.4, -0.2) is 69.5 Å². The lowest BCUT2D eigenvalue weighted by Gasteiger charge is -2.37. The highest BCUT2D eigenvalue weighted by molar-refractivity contribution is 14.0. The molecule has 3 heterocycles. The van der Waals surface area contributed by atoms with Crippen molar-refractivity contribution in [2.75, 3.05) is 46.4 Å². The molecular formula is C18H31IN4O2S. The third-order valence-electron chi connectivity index (χ3n) is 4.79. The maximum absolute atomic E-state index is 5.71. The standard InChI is InChI=1S/C18H30N4O2S.HI/c1-14-13-22(7-9-23-14)16(17-6-4-10-25-17)12-21-18(19-2)20-11-15-5-3-8-24-15;/h4,6,10,14-16H,3,5,7-9,11-13H2,1-2H3,(H2,19,20,21);1H. The molecule has 26 heavy (non-hydrogen) atoms. The minimum absolute atomic E-state index is 0. The van der Waals surface area contributed by atoms with Gasteiger partial charge < -0.3 is 20.1 Å². The van der Waals surface area contributed by atoms with Crippen molar-refractivity contribution < 1.29 is 9.47 Å². The van der Waals surface area contributed by atoms with E-state index in [0.29, 0.717) is 12.1 Å². The summed E-state index contributed by atoms with van der Waals surface area (Å²) in [5.74, 6) is 0.846. The Morgan fingerprint density at radius 1 is 1.38 bits per heavy atom. The summed E-state index contributed by atoms with van der Waals surface area (Å²) in [4.78, 5) is 8.26. The highest BCUT2D eigenvalue weighted by Crippen LogP contribution is 2.26. The zero-order chi connectivity index (χ0) is 17.5. The molecule has 2 saturated heterocycles. The topological polar surface area (TPSA) is 58.1 Å². The predicted molar refractivity (Wildman–Crippen MR) is 118 cm³/mol. The van der Waals surface area contributed by atoms with Gasteiger partial charge in [0.25, 0.3) is 0 Å². The number of nitrogens with zero attached hydrogens (tertiary/aromatic N) is 2. The quantitative estimate of drug-likeness (QED) is 0.362. The van der Waals surface area contributed by atoms with E-state index in [1.807, 2.05) is 18.4 Å². The molecule has 0 saturated carbocycles. The summed E-state index contributed by atoms with van der Waals surface area (Å²) in [5, 5.41) is 9.05. The Bertz CT molecular complexity index is 537. The smallest absolute Gasteiger partial charge is 0.191 e. The minimum Gasteiger partial charge on any atom is -0.376 e. The maximum Gasteiger partial charge on any atom is 0.191 e. The first-order valence-electron chi connectivity index (χ1n) is 9.21. The number of morpholine rings is 1. The molecule has 6 nitrogen and oxygen atoms in total. The molecule has 8 heteroatoms. The number of thiophene rings is 1. The molecule has 3 unspecified atom stereocenters. The summed E-state index contributed by atoms with van der Waals surface area (Å²) in [7, 11) is 1.82. The second kappa shape index (κ2) is 11.4. The summed E-state index contributed by atoms with van der Waals surface area (Å²) >= 11 is 1.82. The van der Waals surface area contributed by atoms with Gasteiger partial charge in [-0.1, -0.05) is 6.07 Å². The fraction of sp³-hybridized carbons (Fsp3) is 0.722. The summed E-state index contributed by atoms with van der Waals surface area (Å²) in [6.45, 7) is 7.41. The van der Waals surface area contributed by atoms with Crippen molar-refractivity contribution in [2.45, 2.75) is 38.0 Å². The summed E-state index contributed by atoms with van der Waals surface area (Å²) < 4.78 is 11.4. The van der Waals surface area contributed by atoms with E-state index in [9.17, 15) is 0 Å². The Balaban J connectivity index is 0.00000243. The van der Waals surface area contributed by atoms with Crippen LogP contribution in [0.1, 0.15) is 30.7 Å². The third-order valence-corrected chi connectivity index (χ3v) is 5.77. The van der Waals surface area contributed by atoms with Crippen molar-refractivity contribution in [3.05, 3.63) is 22.4 Å². The van der Waals surface area contributed by atoms with Gasteiger partial charge in [0.15, 0.2) is 5.96 Å². The summed E-state index contributed by atoms with van der Waals surface area (Å²) in [6, 6.07) is 4.69. The fourth-order valence-corrected chi connectivity index (χ4v) is 4.31. The van der Waals surface area contributed by atoms with Crippen molar-refractivity contribution >= 4 is 41.3 Å². The number of nitrogens with one attached hydrogen (secondary N) is 2. The van der Waals surface area contributed by atoms with Gasteiger partial charge in [-0.25, -0.2) is 0 Å². The second-order valence-electron chi connectivity index (χ2n) is 6.68. The zero-order valence-electron chi connectivity index (χ0n) is 15.6. The van der Waals surface area contributed by atoms with Crippen LogP contribution in [0.15, 0.2) is 22.5 Å². The first kappa shape index (κ1) is 21.9. The van der Waals surface area contributed by atoms with Crippen molar-refractivity contribution in [3.63, 3.8) is 0 Å². The van der Waals surface area contributed by atoms with Gasteiger partial charge in [0.1, 0.15) is 0 Å². The van der Waals surface area contributed by atoms with Gasteiger partial charge in [0, 0.05) is 44.7 Å². The molecule has 0 radical (unpaired) electrons. The van der Waals surface area contributed by atoms with Crippen LogP contribution in [0.3, 0.4) is 0 Å². The Hall–Kier alpha value is -0.420. The fourth-order valence-electron chi connectivity index (χ4n) is 3.45. The van der Waals surface area contributed by atoms with Gasteiger partial charge in [-0.3, -0.25) is 9.89 Å². The number of guanidine groups is 1. The molecule has 148 valence electrons. The lowest BCUT2D eigenvalue weighted by atomic mass is 10.1. The Morgan fingerprint density at radius 2 is 2.27 bits per heavy atom. The molecule has 2 N–H and O–H groups in total. The number of aliphatic imine (C=N–C) groups is 1. The van der Waals surface area contributed by atoms with Crippen molar-refractivity contribution in [1.29, 1.82) is 0 Å². The van der Waals surface area contributed by atoms with Crippen molar-refractivity contribution in [2.24, 2.45) is 4.99 Å². The average Bonchev–Trinajstić information content (AvgIpc) is 3.32. The molecule has 2 aliphatic heterocycles. The highest BCUT2D eigenvalue weighted by atomic mass is 127. The van der Waals surface area contributed by atoms with Crippen LogP contribution in [0.25, 0.3) is 0 Å². The monoisotopic (exact) mass is 494 g/mol. The molecule has 0 amide bonds. The van der Waals surface area contributed by atoms with Crippen LogP contribution in [0.5, 0.6) is 0 Å². The molecule has 2 fully saturated rings. The molecule has 3 rings (SSSR count). The third kappa shape index (κ3) is 6.33. The lowest BCUT2D eigenvalue weighted by molar-refractivity contribution is -0.0334. The van der Waals surface area contributed by atoms with E-state index in [4.69, 9.17) is 9.47 Å². The molecular weight excluding hydrogens is 463 g/mol. The number of hydrogen-bond donors (Lipinski definition) is 2. The molecule has 0 bridgehead atoms. The van der Waals surface area contributed by atoms with Crippen molar-refractivity contribution in [3.8, 4) is 0 Å². The first-order valence-corrected chi connectivity index (χ1v) is 10.1. The van der Waals surface area contributed by atoms with E-state index in [1.165, 1.54) is 4.88 Å². The normalized spacial score (nSPS) is 25.5. The number of ether oxygens (including phenoxy) is 2. The molecule has 1 aromatic rings. The summed E-state index contributed by atoms with van der Waals surface area (Å²) in [5.41, 5.74) is 0. The van der Waals surface area contributed by atoms with Gasteiger partial charge in [-0.15, -0.1) is 35.3 Å². The van der Waals surface area contributed by atoms with Gasteiger partial charge in [-0.05, 0) is 31.2 Å². The number of hydrogen-bond acceptors (Lipinski definition) is 5. The van der Waals surface area contributed by atoms with E-state index in [2.05, 4.69) is 45.0 Å². The van der Waals surface area contributed by atoms with Crippen LogP contribution in [0, 0.1) is 0 Å². The van der Waals surface area contributed by atoms with Crippen LogP contribution in [-0.2, 0) is 9.47 Å². The summed E-state index contributed by atoms with van der Waals surface area (Å²) in [6.07, 6.45) is 2.89. The van der Waals surface area contributed by atoms with Crippen molar-refractivity contribution in [1.82, 2.24) is 15.5 Å². The Labute approximate surface area is 177 Å². The lowest BCUT2D eigenvalue weighted by Crippen LogP contribution is -2.48. The Morgan fingerprint density at radius 3 is 2.92 bits per heavy atom. The molecule has 1 aromatic heterocycles. The predicted octanol–water partition coefficient (Wildman–Crippen LogP) is 2.47. The van der Waals surface area contributed by atoms with E-state index in [-0.39, 0.29) is 30.1 Å². The molecule has 0 aliphatic carbocycles. The maximum atomic E-state index is 5.71. The van der Waals surface area contributed by atoms with Gasteiger partial charge in [-0.2, -0.15) is 0 Å². The molecule has 2 aliphatic rings. The Kier molecular flexibility index (Phi) is 9.62. The molecule has 3 atom stereocenters. The van der Waals surface area contributed by atoms with Crippen LogP contribution in [0.2, 0.25) is 0 Å². The van der Waals surface area contributed by atoms with E-state index >= 15 is 0 Å². The molecule has 0 aromatic carbocycles. The minimum atomic E-state index is 0. The van der Waals surface area contributed by atoms with Gasteiger partial charge in [0.2, 0.25) is 0 Å².